The van der Waals surface area contributed by atoms with Gasteiger partial charge >= 0.3 is 0 Å². The van der Waals surface area contributed by atoms with Gasteiger partial charge in [0.1, 0.15) is 0 Å². The topological polar surface area (TPSA) is 41.0 Å². The van der Waals surface area contributed by atoms with Gasteiger partial charge in [0.25, 0.3) is 0 Å². The van der Waals surface area contributed by atoms with Gasteiger partial charge in [-0.05, 0) is 44.5 Å². The molecule has 0 saturated carbocycles. The Labute approximate surface area is 142 Å². The van der Waals surface area contributed by atoms with Gasteiger partial charge in [-0.25, -0.2) is 0 Å². The second kappa shape index (κ2) is 5.95. The van der Waals surface area contributed by atoms with E-state index < -0.39 is 0 Å². The number of para-hydroxylation sites is 1. The fraction of sp³-hybridized carbons (Fsp3) is 0.350. The minimum Gasteiger partial charge on any atom is -0.360 e. The molecule has 4 heteroatoms. The number of benzene rings is 1. The molecule has 24 heavy (non-hydrogen) atoms. The van der Waals surface area contributed by atoms with E-state index in [4.69, 9.17) is 0 Å². The summed E-state index contributed by atoms with van der Waals surface area (Å²) in [6, 6.07) is 12.5. The summed E-state index contributed by atoms with van der Waals surface area (Å²) in [5.74, 6) is 0.202. The zero-order valence-corrected chi connectivity index (χ0v) is 14.2. The Morgan fingerprint density at radius 1 is 1.25 bits per heavy atom. The number of hydrogen-bond acceptors (Lipinski definition) is 2. The van der Waals surface area contributed by atoms with E-state index in [9.17, 15) is 4.79 Å². The molecule has 1 fully saturated rings. The Morgan fingerprint density at radius 2 is 2.08 bits per heavy atom. The standard InChI is InChI=1S/C20H23N3O/c1-14(20(24)16-13-21-17-8-4-3-7-15(16)17)23-12-6-10-19(23)18-9-5-11-22(18)2/h3-5,7-9,11,13-14,19,21H,6,10,12H2,1-2H3/t14-,19-/m1/s1. The maximum Gasteiger partial charge on any atom is 0.181 e. The average molecular weight is 321 g/mol. The normalized spacial score (nSPS) is 19.8. The molecule has 4 rings (SSSR count). The lowest BCUT2D eigenvalue weighted by Gasteiger charge is -2.30. The maximum atomic E-state index is 13.1. The molecule has 3 aromatic rings. The van der Waals surface area contributed by atoms with E-state index in [1.54, 1.807) is 0 Å². The first-order chi connectivity index (χ1) is 11.7. The first kappa shape index (κ1) is 15.2. The largest absolute Gasteiger partial charge is 0.360 e. The van der Waals surface area contributed by atoms with E-state index in [2.05, 4.69) is 39.8 Å². The number of Topliss-reactive ketones (excluding diaryl/α,β-unsaturated/α-hetero) is 1. The molecular formula is C20H23N3O. The predicted octanol–water partition coefficient (Wildman–Crippen LogP) is 3.91. The number of rotatable bonds is 4. The molecule has 1 aliphatic heterocycles. The minimum atomic E-state index is -0.119. The van der Waals surface area contributed by atoms with Crippen molar-refractivity contribution in [2.75, 3.05) is 6.54 Å². The third-order valence-corrected chi connectivity index (χ3v) is 5.35. The number of likely N-dealkylation sites (tertiary alicyclic amines) is 1. The fourth-order valence-corrected chi connectivity index (χ4v) is 4.04. The van der Waals surface area contributed by atoms with Crippen LogP contribution in [0.25, 0.3) is 10.9 Å². The summed E-state index contributed by atoms with van der Waals surface area (Å²) >= 11 is 0. The van der Waals surface area contributed by atoms with Crippen molar-refractivity contribution in [2.45, 2.75) is 31.8 Å². The van der Waals surface area contributed by atoms with Gasteiger partial charge in [-0.2, -0.15) is 0 Å². The van der Waals surface area contributed by atoms with Crippen LogP contribution in [0.5, 0.6) is 0 Å². The highest BCUT2D eigenvalue weighted by molar-refractivity contribution is 6.10. The molecule has 0 aliphatic carbocycles. The fourth-order valence-electron chi connectivity index (χ4n) is 4.04. The van der Waals surface area contributed by atoms with Gasteiger partial charge in [0.2, 0.25) is 0 Å². The molecule has 1 saturated heterocycles. The van der Waals surface area contributed by atoms with Gasteiger partial charge in [-0.15, -0.1) is 0 Å². The summed E-state index contributed by atoms with van der Waals surface area (Å²) in [6.45, 7) is 3.02. The van der Waals surface area contributed by atoms with Gasteiger partial charge in [0.15, 0.2) is 5.78 Å². The number of carbonyl (C=O) groups excluding carboxylic acids is 1. The van der Waals surface area contributed by atoms with E-state index in [-0.39, 0.29) is 11.8 Å². The lowest BCUT2D eigenvalue weighted by molar-refractivity contribution is 0.0817. The third-order valence-electron chi connectivity index (χ3n) is 5.35. The summed E-state index contributed by atoms with van der Waals surface area (Å²) in [7, 11) is 2.08. The van der Waals surface area contributed by atoms with Crippen molar-refractivity contribution in [1.82, 2.24) is 14.5 Å². The third kappa shape index (κ3) is 2.38. The number of fused-ring (bicyclic) bond motifs is 1. The number of carbonyl (C=O) groups is 1. The lowest BCUT2D eigenvalue weighted by Crippen LogP contribution is -2.39. The summed E-state index contributed by atoms with van der Waals surface area (Å²) in [5, 5.41) is 1.02. The molecule has 0 spiro atoms. The van der Waals surface area contributed by atoms with Crippen LogP contribution in [0.1, 0.15) is 41.9 Å². The van der Waals surface area contributed by atoms with E-state index in [0.717, 1.165) is 35.9 Å². The number of nitrogens with one attached hydrogen (secondary N) is 1. The highest BCUT2D eigenvalue weighted by Gasteiger charge is 2.34. The van der Waals surface area contributed by atoms with Crippen LogP contribution in [0.4, 0.5) is 0 Å². The van der Waals surface area contributed by atoms with E-state index in [1.807, 2.05) is 37.4 Å². The van der Waals surface area contributed by atoms with Crippen LogP contribution in [0.15, 0.2) is 48.8 Å². The predicted molar refractivity (Wildman–Crippen MR) is 96.2 cm³/mol. The van der Waals surface area contributed by atoms with E-state index in [1.165, 1.54) is 5.69 Å². The zero-order valence-electron chi connectivity index (χ0n) is 14.2. The molecule has 1 aliphatic rings. The van der Waals surface area contributed by atoms with Crippen LogP contribution in [-0.4, -0.2) is 32.8 Å². The second-order valence-corrected chi connectivity index (χ2v) is 6.73. The Morgan fingerprint density at radius 3 is 2.88 bits per heavy atom. The molecule has 0 amide bonds. The Balaban J connectivity index is 1.64. The van der Waals surface area contributed by atoms with Crippen molar-refractivity contribution in [3.8, 4) is 0 Å². The summed E-state index contributed by atoms with van der Waals surface area (Å²) in [5.41, 5.74) is 3.12. The van der Waals surface area contributed by atoms with Crippen molar-refractivity contribution in [3.63, 3.8) is 0 Å². The van der Waals surface area contributed by atoms with Gasteiger partial charge in [-0.1, -0.05) is 18.2 Å². The Kier molecular flexibility index (Phi) is 3.77. The molecule has 1 N–H and O–H groups in total. The number of aryl methyl sites for hydroxylation is 1. The van der Waals surface area contributed by atoms with Crippen LogP contribution < -0.4 is 0 Å². The smallest absolute Gasteiger partial charge is 0.181 e. The highest BCUT2D eigenvalue weighted by atomic mass is 16.1. The van der Waals surface area contributed by atoms with Gasteiger partial charge in [0, 0.05) is 41.6 Å². The number of hydrogen-bond donors (Lipinski definition) is 1. The van der Waals surface area contributed by atoms with Gasteiger partial charge in [0.05, 0.1) is 12.1 Å². The minimum absolute atomic E-state index is 0.119. The Bertz CT molecular complexity index is 876. The quantitative estimate of drug-likeness (QED) is 0.740. The van der Waals surface area contributed by atoms with E-state index in [0.29, 0.717) is 6.04 Å². The van der Waals surface area contributed by atoms with Gasteiger partial charge < -0.3 is 9.55 Å². The number of H-pyrrole nitrogens is 1. The second-order valence-electron chi connectivity index (χ2n) is 6.73. The number of aromatic nitrogens is 2. The Hall–Kier alpha value is -2.33. The van der Waals surface area contributed by atoms with E-state index >= 15 is 0 Å². The number of aromatic amines is 1. The van der Waals surface area contributed by atoms with Crippen LogP contribution in [-0.2, 0) is 7.05 Å². The SMILES string of the molecule is C[C@H](C(=O)c1c[nH]c2ccccc12)N1CCC[C@@H]1c1cccn1C. The molecule has 0 radical (unpaired) electrons. The summed E-state index contributed by atoms with van der Waals surface area (Å²) in [4.78, 5) is 18.7. The highest BCUT2D eigenvalue weighted by Crippen LogP contribution is 2.34. The summed E-state index contributed by atoms with van der Waals surface area (Å²) in [6.07, 6.45) is 6.19. The first-order valence-electron chi connectivity index (χ1n) is 8.64. The molecule has 124 valence electrons. The molecular weight excluding hydrogens is 298 g/mol. The lowest BCUT2D eigenvalue weighted by atomic mass is 10.0. The number of ketones is 1. The van der Waals surface area contributed by atoms with Crippen molar-refractivity contribution in [1.29, 1.82) is 0 Å². The molecule has 2 aromatic heterocycles. The number of nitrogens with zero attached hydrogens (tertiary/aromatic N) is 2. The monoisotopic (exact) mass is 321 g/mol. The van der Waals surface area contributed by atoms with Crippen LogP contribution in [0.3, 0.4) is 0 Å². The molecule has 1 aromatic carbocycles. The van der Waals surface area contributed by atoms with Crippen molar-refractivity contribution in [3.05, 3.63) is 60.0 Å². The van der Waals surface area contributed by atoms with Crippen LogP contribution >= 0.6 is 0 Å². The molecule has 3 heterocycles. The van der Waals surface area contributed by atoms with Crippen molar-refractivity contribution < 1.29 is 4.79 Å². The molecule has 2 atom stereocenters. The average Bonchev–Trinajstić information content (AvgIpc) is 3.31. The van der Waals surface area contributed by atoms with Gasteiger partial charge in [-0.3, -0.25) is 9.69 Å². The first-order valence-corrected chi connectivity index (χ1v) is 8.64. The zero-order chi connectivity index (χ0) is 16.7. The molecule has 0 bridgehead atoms. The summed E-state index contributed by atoms with van der Waals surface area (Å²) < 4.78 is 2.17. The molecule has 4 nitrogen and oxygen atoms in total. The maximum absolute atomic E-state index is 13.1. The van der Waals surface area contributed by atoms with Crippen molar-refractivity contribution in [2.24, 2.45) is 7.05 Å². The van der Waals surface area contributed by atoms with Crippen LogP contribution in [0.2, 0.25) is 0 Å². The van der Waals surface area contributed by atoms with Crippen molar-refractivity contribution >= 4 is 16.7 Å². The van der Waals surface area contributed by atoms with Crippen LogP contribution in [0, 0.1) is 0 Å². The molecule has 0 unspecified atom stereocenters.